The van der Waals surface area contributed by atoms with Crippen molar-refractivity contribution in [2.45, 2.75) is 44.8 Å². The van der Waals surface area contributed by atoms with Gasteiger partial charge in [-0.05, 0) is 55.8 Å². The third-order valence-electron chi connectivity index (χ3n) is 3.85. The molecule has 0 aliphatic heterocycles. The van der Waals surface area contributed by atoms with Gasteiger partial charge in [0.25, 0.3) is 0 Å². The molecule has 4 heteroatoms. The Labute approximate surface area is 119 Å². The van der Waals surface area contributed by atoms with E-state index in [2.05, 4.69) is 12.2 Å². The molecule has 0 bridgehead atoms. The Morgan fingerprint density at radius 2 is 2.05 bits per heavy atom. The minimum Gasteiger partial charge on any atom is -0.380 e. The fraction of sp³-hybridized carbons (Fsp3) is 0.625. The first kappa shape index (κ1) is 15.4. The van der Waals surface area contributed by atoms with Crippen molar-refractivity contribution in [3.8, 4) is 0 Å². The summed E-state index contributed by atoms with van der Waals surface area (Å²) in [7, 11) is 1.73. The van der Waals surface area contributed by atoms with E-state index in [1.54, 1.807) is 13.2 Å². The van der Waals surface area contributed by atoms with Crippen LogP contribution in [0.5, 0.6) is 0 Å². The van der Waals surface area contributed by atoms with Gasteiger partial charge in [0.15, 0.2) is 11.6 Å². The van der Waals surface area contributed by atoms with Gasteiger partial charge >= 0.3 is 0 Å². The SMILES string of the molecule is CCCNC(Cc1ccc(F)c(F)c1)C(OC)C1CC1. The number of methoxy groups -OCH3 is 1. The summed E-state index contributed by atoms with van der Waals surface area (Å²) in [6, 6.07) is 4.28. The lowest BCUT2D eigenvalue weighted by atomic mass is 9.98. The third kappa shape index (κ3) is 4.00. The maximum Gasteiger partial charge on any atom is 0.159 e. The highest BCUT2D eigenvalue weighted by Crippen LogP contribution is 2.36. The Morgan fingerprint density at radius 3 is 2.60 bits per heavy atom. The molecule has 1 aliphatic carbocycles. The van der Waals surface area contributed by atoms with E-state index >= 15 is 0 Å². The van der Waals surface area contributed by atoms with Gasteiger partial charge in [0.1, 0.15) is 0 Å². The molecule has 2 rings (SSSR count). The second kappa shape index (κ2) is 7.14. The highest BCUT2D eigenvalue weighted by atomic mass is 19.2. The summed E-state index contributed by atoms with van der Waals surface area (Å²) in [6.45, 7) is 3.02. The van der Waals surface area contributed by atoms with Gasteiger partial charge in [0, 0.05) is 13.2 Å². The van der Waals surface area contributed by atoms with Gasteiger partial charge in [-0.15, -0.1) is 0 Å². The van der Waals surface area contributed by atoms with Gasteiger partial charge in [-0.2, -0.15) is 0 Å². The second-order valence-electron chi connectivity index (χ2n) is 5.55. The van der Waals surface area contributed by atoms with Crippen molar-refractivity contribution >= 4 is 0 Å². The molecule has 1 aromatic carbocycles. The van der Waals surface area contributed by atoms with Crippen LogP contribution in [0.1, 0.15) is 31.7 Å². The zero-order valence-electron chi connectivity index (χ0n) is 12.2. The first-order valence-corrected chi connectivity index (χ1v) is 7.35. The van der Waals surface area contributed by atoms with Crippen LogP contribution in [0.4, 0.5) is 8.78 Å². The molecule has 112 valence electrons. The molecule has 2 atom stereocenters. The van der Waals surface area contributed by atoms with Crippen LogP contribution in [-0.2, 0) is 11.2 Å². The van der Waals surface area contributed by atoms with Gasteiger partial charge in [-0.25, -0.2) is 8.78 Å². The summed E-state index contributed by atoms with van der Waals surface area (Å²) in [5, 5.41) is 3.48. The molecular formula is C16H23F2NO. The molecule has 2 nitrogen and oxygen atoms in total. The average Bonchev–Trinajstić information content (AvgIpc) is 3.25. The normalized spacial score (nSPS) is 18.0. The van der Waals surface area contributed by atoms with E-state index in [1.165, 1.54) is 25.0 Å². The molecule has 1 fully saturated rings. The molecule has 0 amide bonds. The fourth-order valence-corrected chi connectivity index (χ4v) is 2.66. The summed E-state index contributed by atoms with van der Waals surface area (Å²) in [4.78, 5) is 0. The largest absolute Gasteiger partial charge is 0.380 e. The average molecular weight is 283 g/mol. The van der Waals surface area contributed by atoms with Gasteiger partial charge in [-0.1, -0.05) is 13.0 Å². The van der Waals surface area contributed by atoms with Crippen LogP contribution >= 0.6 is 0 Å². The van der Waals surface area contributed by atoms with Crippen molar-refractivity contribution in [2.75, 3.05) is 13.7 Å². The minimum atomic E-state index is -0.794. The summed E-state index contributed by atoms with van der Waals surface area (Å²) in [5.41, 5.74) is 0.806. The van der Waals surface area contributed by atoms with Gasteiger partial charge < -0.3 is 10.1 Å². The number of benzene rings is 1. The molecular weight excluding hydrogens is 260 g/mol. The van der Waals surface area contributed by atoms with E-state index < -0.39 is 11.6 Å². The Kier molecular flexibility index (Phi) is 5.49. The lowest BCUT2D eigenvalue weighted by molar-refractivity contribution is 0.0511. The molecule has 0 aromatic heterocycles. The zero-order chi connectivity index (χ0) is 14.5. The van der Waals surface area contributed by atoms with Crippen LogP contribution in [-0.4, -0.2) is 25.8 Å². The fourth-order valence-electron chi connectivity index (χ4n) is 2.66. The van der Waals surface area contributed by atoms with E-state index in [4.69, 9.17) is 4.74 Å². The summed E-state index contributed by atoms with van der Waals surface area (Å²) in [6.07, 6.45) is 4.23. The smallest absolute Gasteiger partial charge is 0.159 e. The first-order chi connectivity index (χ1) is 9.65. The number of nitrogens with one attached hydrogen (secondary N) is 1. The maximum atomic E-state index is 13.3. The zero-order valence-corrected chi connectivity index (χ0v) is 12.2. The van der Waals surface area contributed by atoms with Crippen molar-refractivity contribution in [1.29, 1.82) is 0 Å². The molecule has 0 heterocycles. The lowest BCUT2D eigenvalue weighted by Gasteiger charge is -2.27. The third-order valence-corrected chi connectivity index (χ3v) is 3.85. The van der Waals surface area contributed by atoms with Crippen LogP contribution in [0, 0.1) is 17.6 Å². The molecule has 1 aromatic rings. The van der Waals surface area contributed by atoms with Crippen molar-refractivity contribution in [3.05, 3.63) is 35.4 Å². The second-order valence-corrected chi connectivity index (χ2v) is 5.55. The van der Waals surface area contributed by atoms with Gasteiger partial charge in [0.05, 0.1) is 6.10 Å². The summed E-state index contributed by atoms with van der Waals surface area (Å²) in [5.74, 6) is -0.978. The number of halogens is 2. The highest BCUT2D eigenvalue weighted by Gasteiger charge is 2.36. The Morgan fingerprint density at radius 1 is 1.30 bits per heavy atom. The van der Waals surface area contributed by atoms with E-state index in [-0.39, 0.29) is 12.1 Å². The van der Waals surface area contributed by atoms with Crippen molar-refractivity contribution < 1.29 is 13.5 Å². The quantitative estimate of drug-likeness (QED) is 0.790. The number of ether oxygens (including phenoxy) is 1. The topological polar surface area (TPSA) is 21.3 Å². The Hall–Kier alpha value is -1.00. The Balaban J connectivity index is 2.07. The molecule has 1 saturated carbocycles. The van der Waals surface area contributed by atoms with Crippen molar-refractivity contribution in [2.24, 2.45) is 5.92 Å². The van der Waals surface area contributed by atoms with E-state index in [9.17, 15) is 8.78 Å². The molecule has 1 N–H and O–H groups in total. The van der Waals surface area contributed by atoms with E-state index in [0.717, 1.165) is 18.5 Å². The van der Waals surface area contributed by atoms with Crippen LogP contribution in [0.15, 0.2) is 18.2 Å². The summed E-state index contributed by atoms with van der Waals surface area (Å²) >= 11 is 0. The lowest BCUT2D eigenvalue weighted by Crippen LogP contribution is -2.44. The standard InChI is InChI=1S/C16H23F2NO/c1-3-8-19-15(16(20-2)12-5-6-12)10-11-4-7-13(17)14(18)9-11/h4,7,9,12,15-16,19H,3,5-6,8,10H2,1-2H3. The molecule has 0 saturated heterocycles. The van der Waals surface area contributed by atoms with Crippen LogP contribution in [0.3, 0.4) is 0 Å². The monoisotopic (exact) mass is 283 g/mol. The minimum absolute atomic E-state index is 0.148. The summed E-state index contributed by atoms with van der Waals surface area (Å²) < 4.78 is 31.9. The van der Waals surface area contributed by atoms with Crippen LogP contribution < -0.4 is 5.32 Å². The number of hydrogen-bond acceptors (Lipinski definition) is 2. The maximum absolute atomic E-state index is 13.3. The van der Waals surface area contributed by atoms with Crippen molar-refractivity contribution in [3.63, 3.8) is 0 Å². The molecule has 1 aliphatic rings. The van der Waals surface area contributed by atoms with Crippen LogP contribution in [0.25, 0.3) is 0 Å². The number of rotatable bonds is 8. The van der Waals surface area contributed by atoms with Crippen LogP contribution in [0.2, 0.25) is 0 Å². The molecule has 0 spiro atoms. The van der Waals surface area contributed by atoms with Gasteiger partial charge in [0.2, 0.25) is 0 Å². The highest BCUT2D eigenvalue weighted by molar-refractivity contribution is 5.19. The molecule has 0 radical (unpaired) electrons. The number of hydrogen-bond donors (Lipinski definition) is 1. The first-order valence-electron chi connectivity index (χ1n) is 7.35. The predicted octanol–water partition coefficient (Wildman–Crippen LogP) is 3.30. The Bertz CT molecular complexity index is 434. The molecule has 20 heavy (non-hydrogen) atoms. The van der Waals surface area contributed by atoms with E-state index in [1.807, 2.05) is 0 Å². The van der Waals surface area contributed by atoms with Crippen molar-refractivity contribution in [1.82, 2.24) is 5.32 Å². The van der Waals surface area contributed by atoms with E-state index in [0.29, 0.717) is 12.3 Å². The molecule has 2 unspecified atom stereocenters. The predicted molar refractivity (Wildman–Crippen MR) is 75.7 cm³/mol. The van der Waals surface area contributed by atoms with Gasteiger partial charge in [-0.3, -0.25) is 0 Å².